The van der Waals surface area contributed by atoms with E-state index in [-0.39, 0.29) is 5.88 Å². The Morgan fingerprint density at radius 1 is 1.31 bits per heavy atom. The van der Waals surface area contributed by atoms with Crippen LogP contribution in [0.4, 0.5) is 0 Å². The Morgan fingerprint density at radius 2 is 2.15 bits per heavy atom. The molecule has 0 aromatic carbocycles. The molecule has 5 nitrogen and oxygen atoms in total. The molecular weight excluding hydrogens is 170 g/mol. The van der Waals surface area contributed by atoms with Gasteiger partial charge in [-0.05, 0) is 6.07 Å². The Morgan fingerprint density at radius 3 is 2.77 bits per heavy atom. The van der Waals surface area contributed by atoms with Gasteiger partial charge < -0.3 is 9.52 Å². The first-order valence-corrected chi connectivity index (χ1v) is 3.72. The lowest BCUT2D eigenvalue weighted by atomic mass is 10.3. The van der Waals surface area contributed by atoms with E-state index in [4.69, 9.17) is 9.52 Å². The van der Waals surface area contributed by atoms with Gasteiger partial charge in [-0.1, -0.05) is 6.07 Å². The Hall–Kier alpha value is -1.91. The van der Waals surface area contributed by atoms with E-state index in [0.717, 1.165) is 0 Å². The van der Waals surface area contributed by atoms with E-state index in [9.17, 15) is 0 Å². The van der Waals surface area contributed by atoms with Crippen LogP contribution in [0.1, 0.15) is 5.89 Å². The summed E-state index contributed by atoms with van der Waals surface area (Å²) in [7, 11) is 0. The van der Waals surface area contributed by atoms with Crippen LogP contribution >= 0.6 is 0 Å². The average molecular weight is 177 g/mol. The van der Waals surface area contributed by atoms with Crippen LogP contribution in [0.15, 0.2) is 22.6 Å². The Kier molecular flexibility index (Phi) is 1.70. The average Bonchev–Trinajstić information content (AvgIpc) is 2.52. The predicted octanol–water partition coefficient (Wildman–Crippen LogP) is 1.15. The Bertz CT molecular complexity index is 425. The smallest absolute Gasteiger partial charge is 0.266 e. The normalized spacial score (nSPS) is 10.2. The fraction of sp³-hybridized carbons (Fsp3) is 0.125. The van der Waals surface area contributed by atoms with Crippen LogP contribution in [0.5, 0.6) is 5.88 Å². The van der Waals surface area contributed by atoms with E-state index in [1.165, 1.54) is 6.07 Å². The zero-order chi connectivity index (χ0) is 9.26. The molecule has 66 valence electrons. The predicted molar refractivity (Wildman–Crippen MR) is 43.9 cm³/mol. The fourth-order valence-corrected chi connectivity index (χ4v) is 0.942. The van der Waals surface area contributed by atoms with E-state index < -0.39 is 0 Å². The molecule has 2 aromatic heterocycles. The van der Waals surface area contributed by atoms with Crippen LogP contribution in [0.3, 0.4) is 0 Å². The van der Waals surface area contributed by atoms with Gasteiger partial charge >= 0.3 is 0 Å². The van der Waals surface area contributed by atoms with Crippen LogP contribution in [-0.4, -0.2) is 20.3 Å². The van der Waals surface area contributed by atoms with Gasteiger partial charge in [0.1, 0.15) is 5.69 Å². The van der Waals surface area contributed by atoms with E-state index in [1.54, 1.807) is 19.1 Å². The van der Waals surface area contributed by atoms with Crippen molar-refractivity contribution in [3.05, 3.63) is 24.1 Å². The molecule has 0 radical (unpaired) electrons. The zero-order valence-electron chi connectivity index (χ0n) is 6.93. The molecule has 1 N–H and O–H groups in total. The van der Waals surface area contributed by atoms with Gasteiger partial charge in [-0.25, -0.2) is 4.98 Å². The summed E-state index contributed by atoms with van der Waals surface area (Å²) in [6.45, 7) is 1.69. The van der Waals surface area contributed by atoms with Crippen LogP contribution in [0.2, 0.25) is 0 Å². The second-order valence-electron chi connectivity index (χ2n) is 2.51. The first-order valence-electron chi connectivity index (χ1n) is 3.72. The molecule has 0 bridgehead atoms. The monoisotopic (exact) mass is 177 g/mol. The third-order valence-corrected chi connectivity index (χ3v) is 1.48. The number of aromatic hydroxyl groups is 1. The number of hydrogen-bond donors (Lipinski definition) is 1. The van der Waals surface area contributed by atoms with Crippen molar-refractivity contribution in [3.63, 3.8) is 0 Å². The molecule has 0 unspecified atom stereocenters. The van der Waals surface area contributed by atoms with E-state index in [0.29, 0.717) is 17.5 Å². The second kappa shape index (κ2) is 2.85. The van der Waals surface area contributed by atoms with Crippen molar-refractivity contribution in [2.75, 3.05) is 0 Å². The molecular formula is C8H7N3O2. The fourth-order valence-electron chi connectivity index (χ4n) is 0.942. The summed E-state index contributed by atoms with van der Waals surface area (Å²) < 4.78 is 5.13. The van der Waals surface area contributed by atoms with Gasteiger partial charge in [0.05, 0.1) is 0 Å². The highest BCUT2D eigenvalue weighted by Gasteiger charge is 2.06. The summed E-state index contributed by atoms with van der Waals surface area (Å²) in [6, 6.07) is 4.83. The lowest BCUT2D eigenvalue weighted by Gasteiger charge is -1.93. The number of hydrogen-bond acceptors (Lipinski definition) is 5. The molecule has 13 heavy (non-hydrogen) atoms. The minimum absolute atomic E-state index is 0.0617. The first-order chi connectivity index (χ1) is 6.25. The molecule has 2 heterocycles. The van der Waals surface area contributed by atoms with Crippen LogP contribution in [-0.2, 0) is 0 Å². The number of pyridine rings is 1. The van der Waals surface area contributed by atoms with Gasteiger partial charge in [0.15, 0.2) is 0 Å². The largest absolute Gasteiger partial charge is 0.493 e. The maximum absolute atomic E-state index is 9.08. The lowest BCUT2D eigenvalue weighted by molar-refractivity contribution is 0.452. The van der Waals surface area contributed by atoms with Gasteiger partial charge in [0, 0.05) is 13.0 Å². The van der Waals surface area contributed by atoms with Crippen molar-refractivity contribution in [3.8, 4) is 17.5 Å². The highest BCUT2D eigenvalue weighted by Crippen LogP contribution is 2.16. The molecule has 0 saturated carbocycles. The quantitative estimate of drug-likeness (QED) is 0.707. The summed E-state index contributed by atoms with van der Waals surface area (Å²) in [6.07, 6.45) is 0. The minimum atomic E-state index is -0.0617. The molecule has 2 aromatic rings. The van der Waals surface area contributed by atoms with Crippen molar-refractivity contribution >= 4 is 0 Å². The summed E-state index contributed by atoms with van der Waals surface area (Å²) in [5.74, 6) is 0.724. The number of nitrogens with zero attached hydrogens (tertiary/aromatic N) is 3. The molecule has 2 rings (SSSR count). The summed E-state index contributed by atoms with van der Waals surface area (Å²) in [5.41, 5.74) is 0.473. The van der Waals surface area contributed by atoms with Crippen LogP contribution in [0, 0.1) is 6.92 Å². The Balaban J connectivity index is 2.46. The highest BCUT2D eigenvalue weighted by molar-refractivity contribution is 5.46. The molecule has 0 saturated heterocycles. The topological polar surface area (TPSA) is 72.0 Å². The zero-order valence-corrected chi connectivity index (χ0v) is 6.93. The summed E-state index contributed by atoms with van der Waals surface area (Å²) in [5, 5.41) is 16.5. The maximum Gasteiger partial charge on any atom is 0.266 e. The van der Waals surface area contributed by atoms with Gasteiger partial charge in [-0.15, -0.1) is 10.2 Å². The maximum atomic E-state index is 9.08. The number of rotatable bonds is 1. The number of aromatic nitrogens is 3. The summed E-state index contributed by atoms with van der Waals surface area (Å²) >= 11 is 0. The molecule has 0 atom stereocenters. The van der Waals surface area contributed by atoms with Gasteiger partial charge in [-0.3, -0.25) is 0 Å². The van der Waals surface area contributed by atoms with Crippen molar-refractivity contribution < 1.29 is 9.52 Å². The number of aryl methyl sites for hydroxylation is 1. The van der Waals surface area contributed by atoms with E-state index >= 15 is 0 Å². The third kappa shape index (κ3) is 1.48. The highest BCUT2D eigenvalue weighted by atomic mass is 16.4. The summed E-state index contributed by atoms with van der Waals surface area (Å²) in [4.78, 5) is 3.82. The van der Waals surface area contributed by atoms with Gasteiger partial charge in [0.25, 0.3) is 5.89 Å². The van der Waals surface area contributed by atoms with Crippen molar-refractivity contribution in [1.82, 2.24) is 15.2 Å². The second-order valence-corrected chi connectivity index (χ2v) is 2.51. The molecule has 0 aliphatic rings. The van der Waals surface area contributed by atoms with Crippen LogP contribution in [0.25, 0.3) is 11.6 Å². The molecule has 0 aliphatic heterocycles. The Labute approximate surface area is 74.1 Å². The molecule has 0 amide bonds. The van der Waals surface area contributed by atoms with Crippen molar-refractivity contribution in [2.45, 2.75) is 6.92 Å². The van der Waals surface area contributed by atoms with Gasteiger partial charge in [-0.2, -0.15) is 0 Å². The lowest BCUT2D eigenvalue weighted by Crippen LogP contribution is -1.82. The standard InChI is InChI=1S/C8H7N3O2/c1-5-10-11-8(13-5)6-3-2-4-7(12)9-6/h2-4H,1H3,(H,9,12). The van der Waals surface area contributed by atoms with Crippen LogP contribution < -0.4 is 0 Å². The molecule has 0 aliphatic carbocycles. The minimum Gasteiger partial charge on any atom is -0.493 e. The molecule has 5 heteroatoms. The molecule has 0 fully saturated rings. The third-order valence-electron chi connectivity index (χ3n) is 1.48. The van der Waals surface area contributed by atoms with E-state index in [1.807, 2.05) is 0 Å². The SMILES string of the molecule is Cc1nnc(-c2cccc(O)n2)o1. The molecule has 0 spiro atoms. The van der Waals surface area contributed by atoms with Crippen molar-refractivity contribution in [1.29, 1.82) is 0 Å². The first kappa shape index (κ1) is 7.72. The van der Waals surface area contributed by atoms with Crippen molar-refractivity contribution in [2.24, 2.45) is 0 Å². The van der Waals surface area contributed by atoms with E-state index in [2.05, 4.69) is 15.2 Å². The van der Waals surface area contributed by atoms with Gasteiger partial charge in [0.2, 0.25) is 11.8 Å².